The lowest BCUT2D eigenvalue weighted by Gasteiger charge is -2.56. The summed E-state index contributed by atoms with van der Waals surface area (Å²) >= 11 is 0. The molecule has 30 heavy (non-hydrogen) atoms. The zero-order valence-corrected chi connectivity index (χ0v) is 20.8. The summed E-state index contributed by atoms with van der Waals surface area (Å²) in [4.78, 5) is 0. The molecule has 4 rings (SSSR count). The zero-order valence-electron chi connectivity index (χ0n) is 20.8. The van der Waals surface area contributed by atoms with Crippen LogP contribution in [-0.2, 0) is 0 Å². The molecule has 0 spiro atoms. The molecule has 0 heterocycles. The summed E-state index contributed by atoms with van der Waals surface area (Å²) in [6.45, 7) is 14.7. The Morgan fingerprint density at radius 1 is 1.07 bits per heavy atom. The second-order valence-electron chi connectivity index (χ2n) is 12.4. The predicted molar refractivity (Wildman–Crippen MR) is 128 cm³/mol. The summed E-state index contributed by atoms with van der Waals surface area (Å²) in [5.74, 6) is 3.97. The summed E-state index contributed by atoms with van der Waals surface area (Å²) in [5.41, 5.74) is 6.40. The molecule has 7 atom stereocenters. The molecule has 170 valence electrons. The van der Waals surface area contributed by atoms with Gasteiger partial charge in [-0.15, -0.1) is 0 Å². The van der Waals surface area contributed by atoms with Crippen LogP contribution in [0.2, 0.25) is 0 Å². The van der Waals surface area contributed by atoms with Crippen LogP contribution >= 0.6 is 0 Å². The molecule has 1 heteroatoms. The van der Waals surface area contributed by atoms with E-state index in [-0.39, 0.29) is 6.10 Å². The largest absolute Gasteiger partial charge is 0.393 e. The van der Waals surface area contributed by atoms with Crippen molar-refractivity contribution in [3.63, 3.8) is 0 Å². The van der Waals surface area contributed by atoms with Crippen molar-refractivity contribution in [2.24, 2.45) is 40.4 Å². The van der Waals surface area contributed by atoms with E-state index in [4.69, 9.17) is 0 Å². The molecule has 1 unspecified atom stereocenters. The fourth-order valence-corrected chi connectivity index (χ4v) is 8.78. The molecule has 4 aliphatic rings. The van der Waals surface area contributed by atoms with Crippen molar-refractivity contribution >= 4 is 0 Å². The van der Waals surface area contributed by atoms with E-state index in [0.717, 1.165) is 36.5 Å². The van der Waals surface area contributed by atoms with Gasteiger partial charge in [-0.05, 0) is 118 Å². The van der Waals surface area contributed by atoms with Gasteiger partial charge in [0.2, 0.25) is 0 Å². The number of fused-ring (bicyclic) bond motifs is 4. The summed E-state index contributed by atoms with van der Waals surface area (Å²) < 4.78 is 0. The first-order valence-corrected chi connectivity index (χ1v) is 13.3. The molecule has 3 saturated carbocycles. The van der Waals surface area contributed by atoms with Gasteiger partial charge in [-0.25, -0.2) is 0 Å². The minimum atomic E-state index is -0.0317. The smallest absolute Gasteiger partial charge is 0.0543 e. The highest BCUT2D eigenvalue weighted by Gasteiger charge is 2.55. The first-order chi connectivity index (χ1) is 14.2. The number of aliphatic hydroxyl groups excluding tert-OH is 1. The molecule has 4 aliphatic carbocycles. The lowest BCUT2D eigenvalue weighted by molar-refractivity contribution is -0.0381. The van der Waals surface area contributed by atoms with Gasteiger partial charge in [0.05, 0.1) is 6.10 Å². The maximum atomic E-state index is 10.3. The number of rotatable bonds is 5. The second kappa shape index (κ2) is 8.42. The van der Waals surface area contributed by atoms with Crippen molar-refractivity contribution in [1.29, 1.82) is 0 Å². The molecular weight excluding hydrogens is 364 g/mol. The Labute approximate surface area is 186 Å². The van der Waals surface area contributed by atoms with Crippen molar-refractivity contribution in [2.75, 3.05) is 0 Å². The van der Waals surface area contributed by atoms with Crippen molar-refractivity contribution in [3.8, 4) is 0 Å². The Kier molecular flexibility index (Phi) is 6.35. The van der Waals surface area contributed by atoms with Gasteiger partial charge in [-0.1, -0.05) is 57.4 Å². The first-order valence-electron chi connectivity index (χ1n) is 13.3. The van der Waals surface area contributed by atoms with Crippen molar-refractivity contribution in [3.05, 3.63) is 22.8 Å². The van der Waals surface area contributed by atoms with Crippen LogP contribution in [0.1, 0.15) is 112 Å². The Morgan fingerprint density at radius 2 is 1.83 bits per heavy atom. The molecule has 0 bridgehead atoms. The van der Waals surface area contributed by atoms with E-state index >= 15 is 0 Å². The monoisotopic (exact) mass is 412 g/mol. The summed E-state index contributed by atoms with van der Waals surface area (Å²) in [6, 6.07) is 0. The van der Waals surface area contributed by atoms with E-state index in [0.29, 0.717) is 16.7 Å². The standard InChI is InChI=1S/C29H48O/c1-7-21(19(2)3)9-8-20(4)25-12-13-26-24-11-10-22-18-23(30)14-16-28(22,5)27(24)15-17-29(25,26)6/h7,19-20,22-23,25,27,30H,8-18H2,1-6H3/b21-7-/t20-,22?,23+,25-,27+,28+,29-/m1/s1. The van der Waals surface area contributed by atoms with E-state index < -0.39 is 0 Å². The van der Waals surface area contributed by atoms with E-state index in [1.54, 1.807) is 5.57 Å². The van der Waals surface area contributed by atoms with Crippen LogP contribution in [0.25, 0.3) is 0 Å². The van der Waals surface area contributed by atoms with Crippen LogP contribution in [0.15, 0.2) is 22.8 Å². The van der Waals surface area contributed by atoms with Gasteiger partial charge in [0.25, 0.3) is 0 Å². The highest BCUT2D eigenvalue weighted by molar-refractivity contribution is 5.34. The molecule has 0 aromatic rings. The van der Waals surface area contributed by atoms with Crippen LogP contribution in [0.3, 0.4) is 0 Å². The molecule has 3 fully saturated rings. The molecular formula is C29H48O. The molecule has 0 aromatic heterocycles. The Morgan fingerprint density at radius 3 is 2.53 bits per heavy atom. The Hall–Kier alpha value is -0.560. The number of allylic oxidation sites excluding steroid dienone is 4. The van der Waals surface area contributed by atoms with Gasteiger partial charge < -0.3 is 5.11 Å². The average Bonchev–Trinajstić information content (AvgIpc) is 3.06. The molecule has 0 amide bonds. The van der Waals surface area contributed by atoms with Gasteiger partial charge in [0, 0.05) is 0 Å². The van der Waals surface area contributed by atoms with Gasteiger partial charge in [-0.3, -0.25) is 0 Å². The zero-order chi connectivity index (χ0) is 21.7. The highest BCUT2D eigenvalue weighted by Crippen LogP contribution is 2.65. The third-order valence-electron chi connectivity index (χ3n) is 10.7. The number of hydrogen-bond donors (Lipinski definition) is 1. The van der Waals surface area contributed by atoms with Crippen molar-refractivity contribution < 1.29 is 5.11 Å². The first kappa shape index (κ1) is 22.6. The molecule has 0 saturated heterocycles. The van der Waals surface area contributed by atoms with Crippen LogP contribution in [0.4, 0.5) is 0 Å². The highest BCUT2D eigenvalue weighted by atomic mass is 16.3. The lowest BCUT2D eigenvalue weighted by atomic mass is 9.49. The minimum absolute atomic E-state index is 0.0317. The fraction of sp³-hybridized carbons (Fsp3) is 0.862. The molecule has 0 radical (unpaired) electrons. The average molecular weight is 413 g/mol. The van der Waals surface area contributed by atoms with Gasteiger partial charge in [0.1, 0.15) is 0 Å². The number of aliphatic hydroxyl groups is 1. The second-order valence-corrected chi connectivity index (χ2v) is 12.4. The maximum Gasteiger partial charge on any atom is 0.0543 e. The van der Waals surface area contributed by atoms with Crippen LogP contribution in [0.5, 0.6) is 0 Å². The minimum Gasteiger partial charge on any atom is -0.393 e. The topological polar surface area (TPSA) is 20.2 Å². The van der Waals surface area contributed by atoms with Crippen LogP contribution in [-0.4, -0.2) is 11.2 Å². The Bertz CT molecular complexity index is 699. The van der Waals surface area contributed by atoms with Crippen molar-refractivity contribution in [1.82, 2.24) is 0 Å². The summed E-state index contributed by atoms with van der Waals surface area (Å²) in [7, 11) is 0. The molecule has 1 N–H and O–H groups in total. The van der Waals surface area contributed by atoms with Crippen molar-refractivity contribution in [2.45, 2.75) is 118 Å². The van der Waals surface area contributed by atoms with Crippen LogP contribution < -0.4 is 0 Å². The summed E-state index contributed by atoms with van der Waals surface area (Å²) in [6.07, 6.45) is 16.6. The van der Waals surface area contributed by atoms with Gasteiger partial charge in [-0.2, -0.15) is 0 Å². The van der Waals surface area contributed by atoms with E-state index in [1.807, 2.05) is 11.1 Å². The van der Waals surface area contributed by atoms with Gasteiger partial charge >= 0.3 is 0 Å². The van der Waals surface area contributed by atoms with Gasteiger partial charge in [0.15, 0.2) is 0 Å². The van der Waals surface area contributed by atoms with E-state index in [1.165, 1.54) is 57.8 Å². The summed E-state index contributed by atoms with van der Waals surface area (Å²) in [5, 5.41) is 10.3. The number of hydrogen-bond acceptors (Lipinski definition) is 1. The SMILES string of the molecule is C/C=C(/CC[C@@H](C)[C@H]1CCC2=C3CCC4C[C@@H](O)CC[C@]4(C)[C@H]3CC[C@@]21C)C(C)C. The van der Waals surface area contributed by atoms with E-state index in [9.17, 15) is 5.11 Å². The fourth-order valence-electron chi connectivity index (χ4n) is 8.78. The third kappa shape index (κ3) is 3.66. The maximum absolute atomic E-state index is 10.3. The van der Waals surface area contributed by atoms with Crippen LogP contribution in [0, 0.1) is 40.4 Å². The Balaban J connectivity index is 1.53. The lowest BCUT2D eigenvalue weighted by Crippen LogP contribution is -2.48. The molecule has 0 aliphatic heterocycles. The molecule has 1 nitrogen and oxygen atoms in total. The quantitative estimate of drug-likeness (QED) is 0.452. The third-order valence-corrected chi connectivity index (χ3v) is 10.7. The van der Waals surface area contributed by atoms with E-state index in [2.05, 4.69) is 47.6 Å². The normalized spacial score (nSPS) is 42.7. The predicted octanol–water partition coefficient (Wildman–Crippen LogP) is 8.09. The molecule has 0 aromatic carbocycles.